The second-order valence-electron chi connectivity index (χ2n) is 5.77. The summed E-state index contributed by atoms with van der Waals surface area (Å²) in [5.74, 6) is 1.50. The van der Waals surface area contributed by atoms with E-state index in [-0.39, 0.29) is 12.7 Å². The van der Waals surface area contributed by atoms with E-state index < -0.39 is 0 Å². The van der Waals surface area contributed by atoms with Gasteiger partial charge in [-0.25, -0.2) is 0 Å². The summed E-state index contributed by atoms with van der Waals surface area (Å²) < 4.78 is 16.0. The molecule has 27 heavy (non-hydrogen) atoms. The largest absolute Gasteiger partial charge is 0.496 e. The number of benzene rings is 2. The monoisotopic (exact) mass is 382 g/mol. The number of rotatable bonds is 4. The van der Waals surface area contributed by atoms with Crippen molar-refractivity contribution in [3.05, 3.63) is 65.3 Å². The van der Waals surface area contributed by atoms with Crippen molar-refractivity contribution < 1.29 is 19.0 Å². The maximum absolute atomic E-state index is 12.6. The smallest absolute Gasteiger partial charge is 0.255 e. The van der Waals surface area contributed by atoms with Gasteiger partial charge in [0.15, 0.2) is 11.5 Å². The third-order valence-corrected chi connectivity index (χ3v) is 4.41. The minimum absolute atomic E-state index is 0.182. The minimum Gasteiger partial charge on any atom is -0.496 e. The molecule has 2 heterocycles. The lowest BCUT2D eigenvalue weighted by molar-refractivity contribution is 0.102. The Bertz CT molecular complexity index is 1020. The van der Waals surface area contributed by atoms with Gasteiger partial charge in [0, 0.05) is 29.1 Å². The summed E-state index contributed by atoms with van der Waals surface area (Å²) in [6.45, 7) is 0.182. The molecule has 136 valence electrons. The first-order valence-corrected chi connectivity index (χ1v) is 8.53. The summed E-state index contributed by atoms with van der Waals surface area (Å²) in [5.41, 5.74) is 2.36. The van der Waals surface area contributed by atoms with Crippen LogP contribution in [0.15, 0.2) is 54.7 Å². The molecule has 0 saturated carbocycles. The number of hydrogen-bond acceptors (Lipinski definition) is 5. The molecule has 0 aliphatic carbocycles. The van der Waals surface area contributed by atoms with Crippen LogP contribution in [0.25, 0.3) is 11.3 Å². The van der Waals surface area contributed by atoms with Crippen molar-refractivity contribution in [2.24, 2.45) is 0 Å². The second-order valence-corrected chi connectivity index (χ2v) is 6.18. The lowest BCUT2D eigenvalue weighted by atomic mass is 10.1. The molecule has 1 aromatic heterocycles. The fourth-order valence-corrected chi connectivity index (χ4v) is 3.01. The van der Waals surface area contributed by atoms with Crippen molar-refractivity contribution >= 4 is 23.2 Å². The highest BCUT2D eigenvalue weighted by Crippen LogP contribution is 2.35. The molecule has 1 aliphatic heterocycles. The summed E-state index contributed by atoms with van der Waals surface area (Å²) in [6.07, 6.45) is 1.65. The Morgan fingerprint density at radius 2 is 2.00 bits per heavy atom. The van der Waals surface area contributed by atoms with E-state index in [4.69, 9.17) is 25.8 Å². The van der Waals surface area contributed by atoms with E-state index in [1.807, 2.05) is 0 Å². The second kappa shape index (κ2) is 7.17. The lowest BCUT2D eigenvalue weighted by Crippen LogP contribution is -2.12. The van der Waals surface area contributed by atoms with Crippen LogP contribution in [0.4, 0.5) is 5.69 Å². The Morgan fingerprint density at radius 3 is 2.81 bits per heavy atom. The standard InChI is InChI=1S/C20H15ClN2O4/c1-25-17-9-12(4-6-14(17)19-15(21)3-2-8-22-19)20(24)23-13-5-7-16-18(10-13)27-11-26-16/h2-10H,11H2,1H3,(H,23,24). The molecule has 1 aliphatic rings. The number of carbonyl (C=O) groups is 1. The average Bonchev–Trinajstić information content (AvgIpc) is 3.16. The predicted octanol–water partition coefficient (Wildman–Crippen LogP) is 4.39. The van der Waals surface area contributed by atoms with E-state index in [9.17, 15) is 4.79 Å². The number of halogens is 1. The Labute approximate surface area is 160 Å². The van der Waals surface area contributed by atoms with Gasteiger partial charge < -0.3 is 19.5 Å². The summed E-state index contributed by atoms with van der Waals surface area (Å²) in [5, 5.41) is 3.35. The lowest BCUT2D eigenvalue weighted by Gasteiger charge is -2.12. The Balaban J connectivity index is 1.60. The Morgan fingerprint density at radius 1 is 1.15 bits per heavy atom. The van der Waals surface area contributed by atoms with Gasteiger partial charge in [-0.15, -0.1) is 0 Å². The molecule has 0 atom stereocenters. The zero-order chi connectivity index (χ0) is 18.8. The fraction of sp³-hybridized carbons (Fsp3) is 0.100. The van der Waals surface area contributed by atoms with E-state index in [0.29, 0.717) is 44.8 Å². The summed E-state index contributed by atoms with van der Waals surface area (Å²) >= 11 is 6.22. The molecule has 2 aromatic carbocycles. The van der Waals surface area contributed by atoms with E-state index in [1.54, 1.807) is 54.7 Å². The number of hydrogen-bond donors (Lipinski definition) is 1. The quantitative estimate of drug-likeness (QED) is 0.724. The van der Waals surface area contributed by atoms with Crippen molar-refractivity contribution in [3.8, 4) is 28.5 Å². The van der Waals surface area contributed by atoms with Crippen LogP contribution in [0.1, 0.15) is 10.4 Å². The zero-order valence-electron chi connectivity index (χ0n) is 14.4. The van der Waals surface area contributed by atoms with Gasteiger partial charge in [-0.1, -0.05) is 11.6 Å². The van der Waals surface area contributed by atoms with Crippen LogP contribution >= 0.6 is 11.6 Å². The van der Waals surface area contributed by atoms with Gasteiger partial charge in [0.25, 0.3) is 5.91 Å². The zero-order valence-corrected chi connectivity index (χ0v) is 15.1. The van der Waals surface area contributed by atoms with Crippen LogP contribution in [-0.2, 0) is 0 Å². The molecule has 0 radical (unpaired) electrons. The molecular weight excluding hydrogens is 368 g/mol. The minimum atomic E-state index is -0.272. The number of nitrogens with one attached hydrogen (secondary N) is 1. The molecule has 4 rings (SSSR count). The summed E-state index contributed by atoms with van der Waals surface area (Å²) in [6, 6.07) is 13.9. The molecule has 0 spiro atoms. The molecule has 0 bridgehead atoms. The number of ether oxygens (including phenoxy) is 3. The van der Waals surface area contributed by atoms with Crippen LogP contribution in [0, 0.1) is 0 Å². The first-order valence-electron chi connectivity index (χ1n) is 8.15. The van der Waals surface area contributed by atoms with Crippen molar-refractivity contribution in [2.45, 2.75) is 0 Å². The Kier molecular flexibility index (Phi) is 4.56. The molecular formula is C20H15ClN2O4. The number of fused-ring (bicyclic) bond motifs is 1. The highest BCUT2D eigenvalue weighted by atomic mass is 35.5. The number of carbonyl (C=O) groups excluding carboxylic acids is 1. The summed E-state index contributed by atoms with van der Waals surface area (Å²) in [7, 11) is 1.54. The molecule has 0 unspecified atom stereocenters. The molecule has 1 N–H and O–H groups in total. The fourth-order valence-electron chi connectivity index (χ4n) is 2.79. The third-order valence-electron chi connectivity index (χ3n) is 4.11. The molecule has 0 saturated heterocycles. The molecule has 6 nitrogen and oxygen atoms in total. The van der Waals surface area contributed by atoms with Crippen LogP contribution in [0.5, 0.6) is 17.2 Å². The molecule has 0 fully saturated rings. The molecule has 3 aromatic rings. The van der Waals surface area contributed by atoms with Gasteiger partial charge in [0.05, 0.1) is 17.8 Å². The maximum Gasteiger partial charge on any atom is 0.255 e. The maximum atomic E-state index is 12.6. The normalized spacial score (nSPS) is 11.9. The predicted molar refractivity (Wildman–Crippen MR) is 102 cm³/mol. The van der Waals surface area contributed by atoms with Gasteiger partial charge in [-0.2, -0.15) is 0 Å². The number of aromatic nitrogens is 1. The van der Waals surface area contributed by atoms with Gasteiger partial charge in [-0.05, 0) is 42.5 Å². The number of pyridine rings is 1. The number of methoxy groups -OCH3 is 1. The highest BCUT2D eigenvalue weighted by molar-refractivity contribution is 6.33. The number of amides is 1. The highest BCUT2D eigenvalue weighted by Gasteiger charge is 2.17. The van der Waals surface area contributed by atoms with Gasteiger partial charge in [0.2, 0.25) is 6.79 Å². The van der Waals surface area contributed by atoms with E-state index in [2.05, 4.69) is 10.3 Å². The number of anilines is 1. The van der Waals surface area contributed by atoms with E-state index in [0.717, 1.165) is 0 Å². The van der Waals surface area contributed by atoms with E-state index >= 15 is 0 Å². The van der Waals surface area contributed by atoms with Crippen LogP contribution < -0.4 is 19.5 Å². The van der Waals surface area contributed by atoms with Crippen LogP contribution in [0.3, 0.4) is 0 Å². The van der Waals surface area contributed by atoms with Crippen molar-refractivity contribution in [2.75, 3.05) is 19.2 Å². The SMILES string of the molecule is COc1cc(C(=O)Nc2ccc3c(c2)OCO3)ccc1-c1ncccc1Cl. The Hall–Kier alpha value is -3.25. The topological polar surface area (TPSA) is 69.7 Å². The molecule has 1 amide bonds. The van der Waals surface area contributed by atoms with E-state index in [1.165, 1.54) is 7.11 Å². The summed E-state index contributed by atoms with van der Waals surface area (Å²) in [4.78, 5) is 16.9. The van der Waals surface area contributed by atoms with Crippen molar-refractivity contribution in [3.63, 3.8) is 0 Å². The van der Waals surface area contributed by atoms with Crippen LogP contribution in [-0.4, -0.2) is 24.8 Å². The first kappa shape index (κ1) is 17.2. The van der Waals surface area contributed by atoms with Crippen LogP contribution in [0.2, 0.25) is 5.02 Å². The third kappa shape index (κ3) is 3.39. The van der Waals surface area contributed by atoms with Crippen molar-refractivity contribution in [1.82, 2.24) is 4.98 Å². The first-order chi connectivity index (χ1) is 13.2. The van der Waals surface area contributed by atoms with Gasteiger partial charge in [0.1, 0.15) is 5.75 Å². The molecule has 7 heteroatoms. The average molecular weight is 383 g/mol. The van der Waals surface area contributed by atoms with Crippen molar-refractivity contribution in [1.29, 1.82) is 0 Å². The van der Waals surface area contributed by atoms with Gasteiger partial charge >= 0.3 is 0 Å². The van der Waals surface area contributed by atoms with Gasteiger partial charge in [-0.3, -0.25) is 9.78 Å². The number of nitrogens with zero attached hydrogens (tertiary/aromatic N) is 1.